The fraction of sp³-hybridized carbons (Fsp3) is 0.231. The van der Waals surface area contributed by atoms with Gasteiger partial charge in [-0.3, -0.25) is 9.59 Å². The second-order valence-electron chi connectivity index (χ2n) is 4.19. The summed E-state index contributed by atoms with van der Waals surface area (Å²) in [6, 6.07) is 5.99. The number of rotatable bonds is 6. The highest BCUT2D eigenvalue weighted by Gasteiger charge is 2.11. The zero-order valence-corrected chi connectivity index (χ0v) is 12.2. The van der Waals surface area contributed by atoms with E-state index < -0.39 is 21.8 Å². The predicted molar refractivity (Wildman–Crippen MR) is 77.7 cm³/mol. The van der Waals surface area contributed by atoms with Gasteiger partial charge < -0.3 is 10.6 Å². The smallest absolute Gasteiger partial charge is 0.309 e. The minimum absolute atomic E-state index is 0.0269. The van der Waals surface area contributed by atoms with Crippen molar-refractivity contribution in [1.82, 2.24) is 10.6 Å². The Morgan fingerprint density at radius 1 is 1.14 bits per heavy atom. The fourth-order valence-corrected chi connectivity index (χ4v) is 2.01. The van der Waals surface area contributed by atoms with E-state index in [1.807, 2.05) is 0 Å². The molecule has 0 heterocycles. The minimum atomic E-state index is -3.70. The largest absolute Gasteiger partial charge is 0.348 e. The fourth-order valence-electron chi connectivity index (χ4n) is 1.49. The van der Waals surface area contributed by atoms with Crippen LogP contribution in [0.25, 0.3) is 0 Å². The summed E-state index contributed by atoms with van der Waals surface area (Å²) in [5, 5.41) is 9.80. The summed E-state index contributed by atoms with van der Waals surface area (Å²) in [6.07, 6.45) is 1.93. The molecule has 114 valence electrons. The number of hydrogen-bond acceptors (Lipinski definition) is 4. The molecule has 0 aliphatic heterocycles. The average Bonchev–Trinajstić information content (AvgIpc) is 2.44. The van der Waals surface area contributed by atoms with E-state index >= 15 is 0 Å². The van der Waals surface area contributed by atoms with E-state index in [2.05, 4.69) is 17.2 Å². The summed E-state index contributed by atoms with van der Waals surface area (Å²) >= 11 is 0. The van der Waals surface area contributed by atoms with Crippen molar-refractivity contribution in [1.29, 1.82) is 0 Å². The van der Waals surface area contributed by atoms with Gasteiger partial charge in [0.25, 0.3) is 0 Å². The van der Waals surface area contributed by atoms with Crippen LogP contribution in [0.1, 0.15) is 5.56 Å². The van der Waals surface area contributed by atoms with Gasteiger partial charge in [0, 0.05) is 13.1 Å². The quantitative estimate of drug-likeness (QED) is 0.475. The lowest BCUT2D eigenvalue weighted by molar-refractivity contribution is -0.139. The van der Waals surface area contributed by atoms with Gasteiger partial charge >= 0.3 is 11.8 Å². The Hall–Kier alpha value is -2.19. The molecule has 1 rings (SSSR count). The number of nitrogens with one attached hydrogen (secondary N) is 2. The maximum atomic E-state index is 11.4. The van der Waals surface area contributed by atoms with Gasteiger partial charge in [0.15, 0.2) is 0 Å². The van der Waals surface area contributed by atoms with Crippen LogP contribution in [-0.2, 0) is 26.0 Å². The molecule has 21 heavy (non-hydrogen) atoms. The molecule has 2 amide bonds. The number of benzene rings is 1. The molecular weight excluding hydrogens is 294 g/mol. The van der Waals surface area contributed by atoms with E-state index in [4.69, 9.17) is 5.14 Å². The molecule has 1 aromatic carbocycles. The van der Waals surface area contributed by atoms with Crippen molar-refractivity contribution in [3.05, 3.63) is 42.5 Å². The van der Waals surface area contributed by atoms with Crippen LogP contribution >= 0.6 is 0 Å². The topological polar surface area (TPSA) is 118 Å². The monoisotopic (exact) mass is 311 g/mol. The summed E-state index contributed by atoms with van der Waals surface area (Å²) in [6.45, 7) is 3.90. The molecule has 0 radical (unpaired) electrons. The molecule has 0 unspecified atom stereocenters. The Morgan fingerprint density at radius 3 is 2.24 bits per heavy atom. The lowest BCUT2D eigenvalue weighted by Gasteiger charge is -2.06. The number of carbonyl (C=O) groups is 2. The number of amides is 2. The van der Waals surface area contributed by atoms with Gasteiger partial charge in [-0.05, 0) is 24.1 Å². The summed E-state index contributed by atoms with van der Waals surface area (Å²) in [4.78, 5) is 22.6. The van der Waals surface area contributed by atoms with Crippen LogP contribution in [0.2, 0.25) is 0 Å². The SMILES string of the molecule is C=CCNC(=O)C(=O)NCCc1ccc(S(N)(=O)=O)cc1. The third kappa shape index (κ3) is 5.76. The van der Waals surface area contributed by atoms with Crippen molar-refractivity contribution in [2.45, 2.75) is 11.3 Å². The van der Waals surface area contributed by atoms with Crippen LogP contribution in [-0.4, -0.2) is 33.3 Å². The molecule has 0 aromatic heterocycles. The standard InChI is InChI=1S/C13H17N3O4S/c1-2-8-15-12(17)13(18)16-9-7-10-3-5-11(6-4-10)21(14,19)20/h2-6H,1,7-9H2,(H,15,17)(H,16,18)(H2,14,19,20). The molecule has 0 aliphatic rings. The van der Waals surface area contributed by atoms with E-state index in [1.165, 1.54) is 18.2 Å². The molecule has 1 aromatic rings. The Labute approximate surface area is 123 Å². The second kappa shape index (κ2) is 7.55. The highest BCUT2D eigenvalue weighted by Crippen LogP contribution is 2.08. The highest BCUT2D eigenvalue weighted by atomic mass is 32.2. The number of sulfonamides is 1. The first kappa shape index (κ1) is 16.9. The molecule has 0 saturated heterocycles. The van der Waals surface area contributed by atoms with E-state index in [0.717, 1.165) is 5.56 Å². The van der Waals surface area contributed by atoms with Crippen molar-refractivity contribution in [3.63, 3.8) is 0 Å². The Morgan fingerprint density at radius 2 is 1.71 bits per heavy atom. The molecule has 4 N–H and O–H groups in total. The van der Waals surface area contributed by atoms with Crippen molar-refractivity contribution >= 4 is 21.8 Å². The summed E-state index contributed by atoms with van der Waals surface area (Å²) < 4.78 is 22.2. The molecule has 0 bridgehead atoms. The van der Waals surface area contributed by atoms with E-state index in [1.54, 1.807) is 12.1 Å². The van der Waals surface area contributed by atoms with Gasteiger partial charge in [-0.2, -0.15) is 0 Å². The lowest BCUT2D eigenvalue weighted by Crippen LogP contribution is -2.40. The van der Waals surface area contributed by atoms with Gasteiger partial charge in [0.05, 0.1) is 4.90 Å². The van der Waals surface area contributed by atoms with Crippen LogP contribution in [0.3, 0.4) is 0 Å². The molecular formula is C13H17N3O4S. The molecule has 0 atom stereocenters. The maximum Gasteiger partial charge on any atom is 0.309 e. The van der Waals surface area contributed by atoms with Crippen LogP contribution < -0.4 is 15.8 Å². The first-order valence-electron chi connectivity index (χ1n) is 6.13. The first-order valence-corrected chi connectivity index (χ1v) is 7.68. The summed E-state index contributed by atoms with van der Waals surface area (Å²) in [5.74, 6) is -1.45. The van der Waals surface area contributed by atoms with E-state index in [-0.39, 0.29) is 18.0 Å². The number of nitrogens with two attached hydrogens (primary N) is 1. The Kier molecular flexibility index (Phi) is 6.07. The van der Waals surface area contributed by atoms with Gasteiger partial charge in [-0.15, -0.1) is 6.58 Å². The molecule has 7 nitrogen and oxygen atoms in total. The molecule has 0 aliphatic carbocycles. The van der Waals surface area contributed by atoms with E-state index in [9.17, 15) is 18.0 Å². The number of carbonyl (C=O) groups excluding carboxylic acids is 2. The normalized spacial score (nSPS) is 10.7. The highest BCUT2D eigenvalue weighted by molar-refractivity contribution is 7.89. The molecule has 0 saturated carbocycles. The van der Waals surface area contributed by atoms with Crippen LogP contribution in [0.4, 0.5) is 0 Å². The van der Waals surface area contributed by atoms with Crippen molar-refractivity contribution in [2.24, 2.45) is 5.14 Å². The lowest BCUT2D eigenvalue weighted by atomic mass is 10.1. The number of primary sulfonamides is 1. The Balaban J connectivity index is 2.44. The van der Waals surface area contributed by atoms with Crippen LogP contribution in [0, 0.1) is 0 Å². The molecule has 8 heteroatoms. The zero-order valence-electron chi connectivity index (χ0n) is 11.3. The van der Waals surface area contributed by atoms with Crippen LogP contribution in [0.15, 0.2) is 41.8 Å². The maximum absolute atomic E-state index is 11.4. The van der Waals surface area contributed by atoms with Gasteiger partial charge in [0.2, 0.25) is 10.0 Å². The van der Waals surface area contributed by atoms with Crippen LogP contribution in [0.5, 0.6) is 0 Å². The molecule has 0 fully saturated rings. The third-order valence-electron chi connectivity index (χ3n) is 2.56. The zero-order chi connectivity index (χ0) is 15.9. The Bertz CT molecular complexity index is 623. The third-order valence-corrected chi connectivity index (χ3v) is 3.49. The second-order valence-corrected chi connectivity index (χ2v) is 5.75. The van der Waals surface area contributed by atoms with Crippen molar-refractivity contribution < 1.29 is 18.0 Å². The minimum Gasteiger partial charge on any atom is -0.348 e. The van der Waals surface area contributed by atoms with Gasteiger partial charge in [-0.25, -0.2) is 13.6 Å². The first-order chi connectivity index (χ1) is 9.84. The van der Waals surface area contributed by atoms with Gasteiger partial charge in [-0.1, -0.05) is 18.2 Å². The summed E-state index contributed by atoms with van der Waals surface area (Å²) in [7, 11) is -3.70. The molecule has 0 spiro atoms. The van der Waals surface area contributed by atoms with Gasteiger partial charge in [0.1, 0.15) is 0 Å². The van der Waals surface area contributed by atoms with E-state index in [0.29, 0.717) is 6.42 Å². The number of hydrogen-bond donors (Lipinski definition) is 3. The van der Waals surface area contributed by atoms with Crippen molar-refractivity contribution in [2.75, 3.05) is 13.1 Å². The van der Waals surface area contributed by atoms with Crippen molar-refractivity contribution in [3.8, 4) is 0 Å². The summed E-state index contributed by atoms with van der Waals surface area (Å²) in [5.41, 5.74) is 0.814. The predicted octanol–water partition coefficient (Wildman–Crippen LogP) is -0.705. The average molecular weight is 311 g/mol.